The molecule has 0 aromatic carbocycles. The molecular formula is C10H13N3O2S. The van der Waals surface area contributed by atoms with Crippen molar-refractivity contribution in [3.8, 4) is 11.7 Å². The average Bonchev–Trinajstić information content (AvgIpc) is 2.85. The molecule has 0 saturated carbocycles. The van der Waals surface area contributed by atoms with Crippen LogP contribution in [-0.2, 0) is 5.75 Å². The lowest BCUT2D eigenvalue weighted by Crippen LogP contribution is -2.17. The lowest BCUT2D eigenvalue weighted by molar-refractivity contribution is 0.411. The molecule has 1 atom stereocenters. The predicted molar refractivity (Wildman–Crippen MR) is 61.8 cm³/mol. The van der Waals surface area contributed by atoms with E-state index in [2.05, 4.69) is 10.1 Å². The molecule has 2 rings (SSSR count). The highest BCUT2D eigenvalue weighted by Crippen LogP contribution is 2.18. The number of rotatable bonds is 5. The van der Waals surface area contributed by atoms with Crippen molar-refractivity contribution in [2.45, 2.75) is 18.7 Å². The molecule has 0 radical (unpaired) electrons. The summed E-state index contributed by atoms with van der Waals surface area (Å²) in [6.07, 6.45) is 1.57. The summed E-state index contributed by atoms with van der Waals surface area (Å²) >= 11 is 1.68. The zero-order chi connectivity index (χ0) is 11.4. The third kappa shape index (κ3) is 2.86. The van der Waals surface area contributed by atoms with Gasteiger partial charge in [-0.3, -0.25) is 0 Å². The zero-order valence-electron chi connectivity index (χ0n) is 8.92. The number of hydrogen-bond acceptors (Lipinski definition) is 6. The van der Waals surface area contributed by atoms with Crippen LogP contribution in [0.2, 0.25) is 0 Å². The van der Waals surface area contributed by atoms with E-state index in [1.54, 1.807) is 30.2 Å². The number of aromatic nitrogens is 2. The van der Waals surface area contributed by atoms with Crippen LogP contribution in [0.25, 0.3) is 11.7 Å². The minimum atomic E-state index is 0.182. The van der Waals surface area contributed by atoms with E-state index in [1.807, 2.05) is 6.92 Å². The fourth-order valence-corrected chi connectivity index (χ4v) is 1.94. The smallest absolute Gasteiger partial charge is 0.293 e. The maximum absolute atomic E-state index is 5.64. The van der Waals surface area contributed by atoms with E-state index in [0.717, 1.165) is 5.75 Å². The van der Waals surface area contributed by atoms with Gasteiger partial charge in [0.2, 0.25) is 0 Å². The van der Waals surface area contributed by atoms with Gasteiger partial charge in [-0.25, -0.2) is 0 Å². The van der Waals surface area contributed by atoms with E-state index in [1.165, 1.54) is 0 Å². The second-order valence-electron chi connectivity index (χ2n) is 3.49. The molecule has 6 heteroatoms. The number of hydrogen-bond donors (Lipinski definition) is 1. The van der Waals surface area contributed by atoms with Crippen molar-refractivity contribution in [2.24, 2.45) is 5.73 Å². The van der Waals surface area contributed by atoms with E-state index < -0.39 is 0 Å². The topological polar surface area (TPSA) is 78.1 Å². The Morgan fingerprint density at radius 2 is 2.44 bits per heavy atom. The van der Waals surface area contributed by atoms with Gasteiger partial charge in [-0.05, 0) is 19.1 Å². The Hall–Kier alpha value is -1.27. The van der Waals surface area contributed by atoms with Crippen LogP contribution in [0.3, 0.4) is 0 Å². The summed E-state index contributed by atoms with van der Waals surface area (Å²) < 4.78 is 10.2. The Labute approximate surface area is 97.4 Å². The second-order valence-corrected chi connectivity index (χ2v) is 4.52. The van der Waals surface area contributed by atoms with Gasteiger partial charge in [0.05, 0.1) is 12.0 Å². The Bertz CT molecular complexity index is 425. The summed E-state index contributed by atoms with van der Waals surface area (Å²) in [7, 11) is 0. The Morgan fingerprint density at radius 3 is 3.12 bits per heavy atom. The molecule has 0 spiro atoms. The molecule has 2 heterocycles. The molecule has 0 aliphatic rings. The van der Waals surface area contributed by atoms with Crippen molar-refractivity contribution in [1.82, 2.24) is 10.1 Å². The molecule has 2 N–H and O–H groups in total. The first-order valence-electron chi connectivity index (χ1n) is 4.95. The van der Waals surface area contributed by atoms with E-state index in [-0.39, 0.29) is 6.04 Å². The van der Waals surface area contributed by atoms with Crippen LogP contribution < -0.4 is 5.73 Å². The molecule has 86 valence electrons. The largest absolute Gasteiger partial charge is 0.459 e. The van der Waals surface area contributed by atoms with Gasteiger partial charge in [-0.2, -0.15) is 16.7 Å². The molecule has 0 bridgehead atoms. The van der Waals surface area contributed by atoms with E-state index in [4.69, 9.17) is 14.7 Å². The van der Waals surface area contributed by atoms with Crippen molar-refractivity contribution in [2.75, 3.05) is 5.75 Å². The van der Waals surface area contributed by atoms with Gasteiger partial charge in [0, 0.05) is 11.8 Å². The van der Waals surface area contributed by atoms with Crippen molar-refractivity contribution in [1.29, 1.82) is 0 Å². The monoisotopic (exact) mass is 239 g/mol. The first-order chi connectivity index (χ1) is 7.75. The van der Waals surface area contributed by atoms with E-state index >= 15 is 0 Å². The Balaban J connectivity index is 1.93. The van der Waals surface area contributed by atoms with Crippen LogP contribution >= 0.6 is 11.8 Å². The lowest BCUT2D eigenvalue weighted by atomic mass is 10.4. The molecule has 5 nitrogen and oxygen atoms in total. The molecular weight excluding hydrogens is 226 g/mol. The van der Waals surface area contributed by atoms with Crippen LogP contribution in [0.5, 0.6) is 0 Å². The first-order valence-corrected chi connectivity index (χ1v) is 6.11. The molecule has 0 amide bonds. The molecule has 0 aliphatic carbocycles. The highest BCUT2D eigenvalue weighted by molar-refractivity contribution is 7.98. The fourth-order valence-electron chi connectivity index (χ4n) is 1.15. The number of nitrogens with zero attached hydrogens (tertiary/aromatic N) is 2. The van der Waals surface area contributed by atoms with Gasteiger partial charge in [-0.15, -0.1) is 0 Å². The Morgan fingerprint density at radius 1 is 1.56 bits per heavy atom. The molecule has 0 saturated heterocycles. The second kappa shape index (κ2) is 5.18. The number of thioether (sulfide) groups is 1. The lowest BCUT2D eigenvalue weighted by Gasteiger charge is -2.00. The van der Waals surface area contributed by atoms with Gasteiger partial charge >= 0.3 is 0 Å². The molecule has 1 unspecified atom stereocenters. The maximum Gasteiger partial charge on any atom is 0.293 e. The Kier molecular flexibility index (Phi) is 3.63. The van der Waals surface area contributed by atoms with Crippen LogP contribution in [0, 0.1) is 0 Å². The van der Waals surface area contributed by atoms with Crippen molar-refractivity contribution in [3.63, 3.8) is 0 Å². The van der Waals surface area contributed by atoms with Crippen LogP contribution in [-0.4, -0.2) is 21.9 Å². The first kappa shape index (κ1) is 11.2. The van der Waals surface area contributed by atoms with E-state index in [0.29, 0.717) is 23.2 Å². The van der Waals surface area contributed by atoms with Crippen molar-refractivity contribution < 1.29 is 8.94 Å². The highest BCUT2D eigenvalue weighted by Gasteiger charge is 2.10. The van der Waals surface area contributed by atoms with E-state index in [9.17, 15) is 0 Å². The molecule has 2 aromatic rings. The predicted octanol–water partition coefficient (Wildman–Crippen LogP) is 1.91. The number of nitrogens with two attached hydrogens (primary N) is 1. The van der Waals surface area contributed by atoms with Gasteiger partial charge < -0.3 is 14.7 Å². The normalized spacial score (nSPS) is 12.9. The standard InChI is InChI=1S/C10H13N3O2S/c1-7(11)5-16-6-9-12-10(15-13-9)8-3-2-4-14-8/h2-4,7H,5-6,11H2,1H3. The quantitative estimate of drug-likeness (QED) is 0.858. The third-order valence-electron chi connectivity index (χ3n) is 1.81. The summed E-state index contributed by atoms with van der Waals surface area (Å²) in [6.45, 7) is 1.97. The fraction of sp³-hybridized carbons (Fsp3) is 0.400. The zero-order valence-corrected chi connectivity index (χ0v) is 9.74. The molecule has 2 aromatic heterocycles. The summed E-state index contributed by atoms with van der Waals surface area (Å²) in [4.78, 5) is 4.22. The summed E-state index contributed by atoms with van der Waals surface area (Å²) in [5, 5.41) is 3.86. The van der Waals surface area contributed by atoms with Crippen LogP contribution in [0.4, 0.5) is 0 Å². The van der Waals surface area contributed by atoms with Gasteiger partial charge in [0.1, 0.15) is 0 Å². The summed E-state index contributed by atoms with van der Waals surface area (Å²) in [5.41, 5.74) is 5.64. The highest BCUT2D eigenvalue weighted by atomic mass is 32.2. The maximum atomic E-state index is 5.64. The van der Waals surface area contributed by atoms with Crippen molar-refractivity contribution in [3.05, 3.63) is 24.2 Å². The van der Waals surface area contributed by atoms with Gasteiger partial charge in [-0.1, -0.05) is 5.16 Å². The number of furan rings is 1. The summed E-state index contributed by atoms with van der Waals surface area (Å²) in [5.74, 6) is 3.26. The SMILES string of the molecule is CC(N)CSCc1noc(-c2ccco2)n1. The average molecular weight is 239 g/mol. The summed E-state index contributed by atoms with van der Waals surface area (Å²) in [6, 6.07) is 3.75. The molecule has 0 aliphatic heterocycles. The third-order valence-corrected chi connectivity index (χ3v) is 3.04. The van der Waals surface area contributed by atoms with Crippen LogP contribution in [0.15, 0.2) is 27.3 Å². The molecule has 0 fully saturated rings. The van der Waals surface area contributed by atoms with Gasteiger partial charge in [0.25, 0.3) is 5.89 Å². The van der Waals surface area contributed by atoms with Gasteiger partial charge in [0.15, 0.2) is 11.6 Å². The molecule has 16 heavy (non-hydrogen) atoms. The minimum Gasteiger partial charge on any atom is -0.459 e. The van der Waals surface area contributed by atoms with Crippen molar-refractivity contribution >= 4 is 11.8 Å². The minimum absolute atomic E-state index is 0.182. The van der Waals surface area contributed by atoms with Crippen LogP contribution in [0.1, 0.15) is 12.7 Å².